The van der Waals surface area contributed by atoms with Crippen molar-refractivity contribution in [2.24, 2.45) is 45.7 Å². The van der Waals surface area contributed by atoms with Crippen LogP contribution in [0.1, 0.15) is 77.0 Å². The van der Waals surface area contributed by atoms with E-state index in [4.69, 9.17) is 0 Å². The molecule has 28 heavy (non-hydrogen) atoms. The van der Waals surface area contributed by atoms with E-state index in [0.717, 1.165) is 23.7 Å². The number of carbonyl (C=O) groups excluding carboxylic acids is 2. The third-order valence-electron chi connectivity index (χ3n) is 7.55. The van der Waals surface area contributed by atoms with Crippen LogP contribution >= 0.6 is 0 Å². The fourth-order valence-corrected chi connectivity index (χ4v) is 6.05. The van der Waals surface area contributed by atoms with Crippen LogP contribution in [-0.4, -0.2) is 24.2 Å². The lowest BCUT2D eigenvalue weighted by atomic mass is 9.90. The van der Waals surface area contributed by atoms with Crippen LogP contribution in [0, 0.1) is 35.5 Å². The number of carbonyl (C=O) groups is 2. The summed E-state index contributed by atoms with van der Waals surface area (Å²) in [5, 5.41) is 8.31. The van der Waals surface area contributed by atoms with Crippen LogP contribution in [0.3, 0.4) is 0 Å². The number of amides is 2. The van der Waals surface area contributed by atoms with E-state index in [1.54, 1.807) is 0 Å². The lowest BCUT2D eigenvalue weighted by Crippen LogP contribution is -2.21. The second-order valence-corrected chi connectivity index (χ2v) is 9.51. The maximum Gasteiger partial charge on any atom is 0.240 e. The van der Waals surface area contributed by atoms with E-state index in [-0.39, 0.29) is 11.8 Å². The quantitative estimate of drug-likeness (QED) is 0.360. The van der Waals surface area contributed by atoms with Gasteiger partial charge in [-0.3, -0.25) is 9.59 Å². The molecule has 4 aliphatic carbocycles. The summed E-state index contributed by atoms with van der Waals surface area (Å²) >= 11 is 0. The number of hydrogen-bond donors (Lipinski definition) is 2. The third kappa shape index (κ3) is 5.00. The number of nitrogens with zero attached hydrogens (tertiary/aromatic N) is 2. The molecule has 0 heterocycles. The van der Waals surface area contributed by atoms with Gasteiger partial charge in [0.25, 0.3) is 0 Å². The second kappa shape index (κ2) is 9.19. The Bertz CT molecular complexity index is 578. The molecule has 0 radical (unpaired) electrons. The number of hydrazone groups is 2. The minimum atomic E-state index is -0.0610. The molecule has 0 spiro atoms. The average molecular weight is 387 g/mol. The van der Waals surface area contributed by atoms with Gasteiger partial charge in [-0.1, -0.05) is 12.8 Å². The first-order chi connectivity index (χ1) is 13.7. The molecule has 0 unspecified atom stereocenters. The van der Waals surface area contributed by atoms with E-state index in [2.05, 4.69) is 21.1 Å². The van der Waals surface area contributed by atoms with Crippen molar-refractivity contribution in [2.45, 2.75) is 77.0 Å². The highest BCUT2D eigenvalue weighted by molar-refractivity contribution is 5.78. The highest BCUT2D eigenvalue weighted by Crippen LogP contribution is 2.48. The van der Waals surface area contributed by atoms with Crippen molar-refractivity contribution >= 4 is 24.2 Å². The van der Waals surface area contributed by atoms with Gasteiger partial charge >= 0.3 is 0 Å². The molecule has 6 atom stereocenters. The molecule has 0 saturated heterocycles. The lowest BCUT2D eigenvalue weighted by molar-refractivity contribution is -0.123. The van der Waals surface area contributed by atoms with E-state index >= 15 is 0 Å². The first kappa shape index (κ1) is 19.6. The molecule has 0 aromatic carbocycles. The van der Waals surface area contributed by atoms with Crippen LogP contribution in [0.25, 0.3) is 0 Å². The Labute approximate surface area is 168 Å². The van der Waals surface area contributed by atoms with Crippen molar-refractivity contribution < 1.29 is 9.59 Å². The number of fused-ring (bicyclic) bond motifs is 4. The van der Waals surface area contributed by atoms with Crippen LogP contribution < -0.4 is 10.9 Å². The Kier molecular flexibility index (Phi) is 6.43. The summed E-state index contributed by atoms with van der Waals surface area (Å²) in [4.78, 5) is 23.7. The zero-order valence-electron chi connectivity index (χ0n) is 16.8. The van der Waals surface area contributed by atoms with Crippen molar-refractivity contribution in [3.8, 4) is 0 Å². The summed E-state index contributed by atoms with van der Waals surface area (Å²) in [6, 6.07) is 0. The van der Waals surface area contributed by atoms with E-state index < -0.39 is 0 Å². The number of rotatable bonds is 9. The third-order valence-corrected chi connectivity index (χ3v) is 7.55. The van der Waals surface area contributed by atoms with Gasteiger partial charge in [-0.2, -0.15) is 10.2 Å². The minimum Gasteiger partial charge on any atom is -0.273 e. The summed E-state index contributed by atoms with van der Waals surface area (Å²) in [5.74, 6) is 4.35. The lowest BCUT2D eigenvalue weighted by Gasteiger charge is -2.16. The highest BCUT2D eigenvalue weighted by Gasteiger charge is 2.39. The van der Waals surface area contributed by atoms with Gasteiger partial charge in [0, 0.05) is 25.3 Å². The highest BCUT2D eigenvalue weighted by atomic mass is 16.2. The molecular weight excluding hydrogens is 352 g/mol. The van der Waals surface area contributed by atoms with Crippen LogP contribution in [0.2, 0.25) is 0 Å². The minimum absolute atomic E-state index is 0.0610. The molecular formula is C22H34N4O2. The predicted molar refractivity (Wildman–Crippen MR) is 110 cm³/mol. The Hall–Kier alpha value is -1.72. The predicted octanol–water partition coefficient (Wildman–Crippen LogP) is 3.62. The monoisotopic (exact) mass is 386 g/mol. The van der Waals surface area contributed by atoms with E-state index in [0.29, 0.717) is 37.5 Å². The van der Waals surface area contributed by atoms with Crippen molar-refractivity contribution in [2.75, 3.05) is 0 Å². The molecule has 4 saturated carbocycles. The van der Waals surface area contributed by atoms with Gasteiger partial charge in [-0.25, -0.2) is 10.9 Å². The zero-order chi connectivity index (χ0) is 19.3. The largest absolute Gasteiger partial charge is 0.273 e. The standard InChI is InChI=1S/C22H34N4O2/c27-21(25-23-13-19-11-15-5-7-17(19)9-15)3-1-2-4-22(28)26-24-14-20-12-16-6-8-18(20)10-16/h13-20H,1-12H2,(H,25,27)(H,26,28)/b23-13+,24-14+/t15-,16+,17-,18-,19+,20+/m1/s1. The summed E-state index contributed by atoms with van der Waals surface area (Å²) in [7, 11) is 0. The van der Waals surface area contributed by atoms with Gasteiger partial charge in [-0.15, -0.1) is 0 Å². The van der Waals surface area contributed by atoms with Crippen molar-refractivity contribution in [3.05, 3.63) is 0 Å². The number of nitrogens with one attached hydrogen (secondary N) is 2. The molecule has 2 amide bonds. The van der Waals surface area contributed by atoms with Gasteiger partial charge in [-0.05, 0) is 86.9 Å². The van der Waals surface area contributed by atoms with E-state index in [1.165, 1.54) is 51.4 Å². The normalized spacial score (nSPS) is 36.0. The topological polar surface area (TPSA) is 82.9 Å². The maximum atomic E-state index is 11.9. The fraction of sp³-hybridized carbons (Fsp3) is 0.818. The molecule has 6 heteroatoms. The maximum absolute atomic E-state index is 11.9. The molecule has 6 nitrogen and oxygen atoms in total. The molecule has 4 rings (SSSR count). The molecule has 4 fully saturated rings. The molecule has 2 N–H and O–H groups in total. The Morgan fingerprint density at radius 3 is 1.54 bits per heavy atom. The average Bonchev–Trinajstić information content (AvgIpc) is 3.46. The van der Waals surface area contributed by atoms with Gasteiger partial charge in [0.1, 0.15) is 0 Å². The second-order valence-electron chi connectivity index (χ2n) is 9.51. The molecule has 0 aliphatic heterocycles. The van der Waals surface area contributed by atoms with E-state index in [1.807, 2.05) is 12.4 Å². The number of unbranched alkanes of at least 4 members (excludes halogenated alkanes) is 1. The fourth-order valence-electron chi connectivity index (χ4n) is 6.05. The van der Waals surface area contributed by atoms with Crippen molar-refractivity contribution in [1.82, 2.24) is 10.9 Å². The van der Waals surface area contributed by atoms with Crippen LogP contribution in [0.5, 0.6) is 0 Å². The smallest absolute Gasteiger partial charge is 0.240 e. The summed E-state index contributed by atoms with van der Waals surface area (Å²) < 4.78 is 0. The Morgan fingerprint density at radius 2 is 1.18 bits per heavy atom. The zero-order valence-corrected chi connectivity index (χ0v) is 16.8. The molecule has 0 aromatic rings. The molecule has 0 aromatic heterocycles. The van der Waals surface area contributed by atoms with Crippen LogP contribution in [0.4, 0.5) is 0 Å². The summed E-state index contributed by atoms with van der Waals surface area (Å²) in [6.45, 7) is 0. The van der Waals surface area contributed by atoms with Gasteiger partial charge < -0.3 is 0 Å². The van der Waals surface area contributed by atoms with Gasteiger partial charge in [0.2, 0.25) is 11.8 Å². The summed E-state index contributed by atoms with van der Waals surface area (Å²) in [6.07, 6.45) is 16.7. The van der Waals surface area contributed by atoms with Crippen LogP contribution in [-0.2, 0) is 9.59 Å². The van der Waals surface area contributed by atoms with Crippen LogP contribution in [0.15, 0.2) is 10.2 Å². The molecule has 4 aliphatic rings. The Balaban J connectivity index is 1.03. The first-order valence-corrected chi connectivity index (χ1v) is 11.3. The van der Waals surface area contributed by atoms with Gasteiger partial charge in [0.15, 0.2) is 0 Å². The van der Waals surface area contributed by atoms with Gasteiger partial charge in [0.05, 0.1) is 0 Å². The molecule has 154 valence electrons. The number of hydrogen-bond acceptors (Lipinski definition) is 4. The first-order valence-electron chi connectivity index (χ1n) is 11.3. The summed E-state index contributed by atoms with van der Waals surface area (Å²) in [5.41, 5.74) is 5.28. The van der Waals surface area contributed by atoms with E-state index in [9.17, 15) is 9.59 Å². The SMILES string of the molecule is O=C(CCCCC(=O)N/N=C/[C@@H]1C[C@H]2CC[C@@H]1C2)N/N=C/[C@@H]1C[C@@H]2CC[C@@H]1C2. The van der Waals surface area contributed by atoms with Crippen molar-refractivity contribution in [1.29, 1.82) is 0 Å². The Morgan fingerprint density at radius 1 is 0.714 bits per heavy atom. The molecule has 4 bridgehead atoms. The van der Waals surface area contributed by atoms with Crippen molar-refractivity contribution in [3.63, 3.8) is 0 Å².